The molecule has 2 rings (SSSR count). The highest BCUT2D eigenvalue weighted by molar-refractivity contribution is 6.09. The fraction of sp³-hybridized carbons (Fsp3) is 0.143. The first kappa shape index (κ1) is 11.5. The lowest BCUT2D eigenvalue weighted by atomic mass is 10.0. The molecule has 0 saturated heterocycles. The first-order valence-corrected chi connectivity index (χ1v) is 5.30. The van der Waals surface area contributed by atoms with E-state index < -0.39 is 5.82 Å². The molecule has 0 bridgehead atoms. The number of halogens is 1. The predicted octanol–water partition coefficient (Wildman–Crippen LogP) is 3.07. The zero-order valence-electron chi connectivity index (χ0n) is 9.70. The summed E-state index contributed by atoms with van der Waals surface area (Å²) >= 11 is 0. The summed E-state index contributed by atoms with van der Waals surface area (Å²) in [5, 5.41) is 0. The number of carbonyl (C=O) groups excluding carboxylic acids is 1. The molecule has 1 heterocycles. The molecule has 0 N–H and O–H groups in total. The lowest BCUT2D eigenvalue weighted by molar-refractivity contribution is 0.103. The van der Waals surface area contributed by atoms with Crippen LogP contribution in [0.1, 0.15) is 27.0 Å². The third-order valence-electron chi connectivity index (χ3n) is 2.51. The summed E-state index contributed by atoms with van der Waals surface area (Å²) in [7, 11) is 0. The molecule has 1 aromatic carbocycles. The number of benzene rings is 1. The van der Waals surface area contributed by atoms with Gasteiger partial charge in [-0.2, -0.15) is 0 Å². The van der Waals surface area contributed by atoms with Crippen molar-refractivity contribution in [2.24, 2.45) is 0 Å². The summed E-state index contributed by atoms with van der Waals surface area (Å²) < 4.78 is 13.6. The van der Waals surface area contributed by atoms with Crippen LogP contribution in [0.15, 0.2) is 36.7 Å². The molecule has 3 heteroatoms. The fourth-order valence-corrected chi connectivity index (χ4v) is 1.64. The van der Waals surface area contributed by atoms with Crippen LogP contribution in [-0.2, 0) is 0 Å². The second-order valence-electron chi connectivity index (χ2n) is 4.06. The van der Waals surface area contributed by atoms with E-state index in [-0.39, 0.29) is 11.3 Å². The van der Waals surface area contributed by atoms with Crippen molar-refractivity contribution < 1.29 is 9.18 Å². The monoisotopic (exact) mass is 229 g/mol. The highest BCUT2D eigenvalue weighted by Gasteiger charge is 2.14. The molecule has 1 aromatic heterocycles. The number of ketones is 1. The van der Waals surface area contributed by atoms with Crippen molar-refractivity contribution >= 4 is 5.78 Å². The zero-order valence-corrected chi connectivity index (χ0v) is 9.70. The van der Waals surface area contributed by atoms with Gasteiger partial charge in [-0.15, -0.1) is 0 Å². The molecule has 0 fully saturated rings. The van der Waals surface area contributed by atoms with E-state index in [1.807, 2.05) is 6.92 Å². The number of aryl methyl sites for hydroxylation is 2. The lowest BCUT2D eigenvalue weighted by Gasteiger charge is -2.04. The maximum atomic E-state index is 13.6. The van der Waals surface area contributed by atoms with Gasteiger partial charge in [0.05, 0.1) is 5.56 Å². The molecule has 0 radical (unpaired) electrons. The SMILES string of the molecule is Cc1cncc(C(=O)c2ccc(C)cc2F)c1. The Labute approximate surface area is 99.1 Å². The number of carbonyl (C=O) groups is 1. The molecular formula is C14H12FNO. The van der Waals surface area contributed by atoms with Crippen molar-refractivity contribution in [3.63, 3.8) is 0 Å². The molecule has 17 heavy (non-hydrogen) atoms. The Kier molecular flexibility index (Phi) is 3.00. The average molecular weight is 229 g/mol. The summed E-state index contributed by atoms with van der Waals surface area (Å²) in [6, 6.07) is 6.29. The molecule has 0 amide bonds. The summed E-state index contributed by atoms with van der Waals surface area (Å²) in [6.07, 6.45) is 3.11. The van der Waals surface area contributed by atoms with Gasteiger partial charge in [0, 0.05) is 18.0 Å². The number of pyridine rings is 1. The number of rotatable bonds is 2. The van der Waals surface area contributed by atoms with Gasteiger partial charge in [0.2, 0.25) is 0 Å². The summed E-state index contributed by atoms with van der Waals surface area (Å²) in [5.41, 5.74) is 2.17. The van der Waals surface area contributed by atoms with Crippen LogP contribution in [-0.4, -0.2) is 10.8 Å². The number of aromatic nitrogens is 1. The van der Waals surface area contributed by atoms with Gasteiger partial charge in [0.1, 0.15) is 5.82 Å². The fourth-order valence-electron chi connectivity index (χ4n) is 1.64. The Morgan fingerprint density at radius 2 is 1.88 bits per heavy atom. The van der Waals surface area contributed by atoms with Gasteiger partial charge in [0.25, 0.3) is 0 Å². The molecule has 0 aliphatic rings. The first-order valence-electron chi connectivity index (χ1n) is 5.30. The van der Waals surface area contributed by atoms with E-state index in [0.29, 0.717) is 5.56 Å². The van der Waals surface area contributed by atoms with E-state index in [2.05, 4.69) is 4.98 Å². The zero-order chi connectivity index (χ0) is 12.4. The highest BCUT2D eigenvalue weighted by Crippen LogP contribution is 2.15. The topological polar surface area (TPSA) is 30.0 Å². The van der Waals surface area contributed by atoms with E-state index in [1.165, 1.54) is 18.3 Å². The van der Waals surface area contributed by atoms with Gasteiger partial charge in [-0.05, 0) is 43.2 Å². The average Bonchev–Trinajstić information content (AvgIpc) is 2.28. The smallest absolute Gasteiger partial charge is 0.197 e. The van der Waals surface area contributed by atoms with Crippen LogP contribution in [0.4, 0.5) is 4.39 Å². The minimum absolute atomic E-state index is 0.0861. The Bertz CT molecular complexity index is 578. The standard InChI is InChI=1S/C14H12FNO/c1-9-3-4-12(13(15)6-9)14(17)11-5-10(2)7-16-8-11/h3-8H,1-2H3. The first-order chi connectivity index (χ1) is 8.08. The van der Waals surface area contributed by atoms with Crippen LogP contribution in [0.5, 0.6) is 0 Å². The Hall–Kier alpha value is -2.03. The van der Waals surface area contributed by atoms with Crippen LogP contribution in [0.3, 0.4) is 0 Å². The van der Waals surface area contributed by atoms with E-state index >= 15 is 0 Å². The van der Waals surface area contributed by atoms with Crippen LogP contribution in [0, 0.1) is 19.7 Å². The quantitative estimate of drug-likeness (QED) is 0.741. The molecule has 0 saturated carbocycles. The van der Waals surface area contributed by atoms with Crippen LogP contribution >= 0.6 is 0 Å². The molecule has 0 aliphatic heterocycles. The van der Waals surface area contributed by atoms with E-state index in [9.17, 15) is 9.18 Å². The summed E-state index contributed by atoms with van der Waals surface area (Å²) in [5.74, 6) is -0.824. The van der Waals surface area contributed by atoms with Gasteiger partial charge < -0.3 is 0 Å². The maximum Gasteiger partial charge on any atom is 0.197 e. The Balaban J connectivity index is 2.44. The van der Waals surface area contributed by atoms with Crippen LogP contribution < -0.4 is 0 Å². The van der Waals surface area contributed by atoms with Crippen molar-refractivity contribution in [1.82, 2.24) is 4.98 Å². The second kappa shape index (κ2) is 4.45. The van der Waals surface area contributed by atoms with Gasteiger partial charge in [0.15, 0.2) is 5.78 Å². The van der Waals surface area contributed by atoms with Gasteiger partial charge in [-0.1, -0.05) is 6.07 Å². The molecule has 2 nitrogen and oxygen atoms in total. The third kappa shape index (κ3) is 2.38. The molecule has 0 aliphatic carbocycles. The minimum Gasteiger partial charge on any atom is -0.288 e. The second-order valence-corrected chi connectivity index (χ2v) is 4.06. The molecule has 0 spiro atoms. The van der Waals surface area contributed by atoms with Crippen molar-refractivity contribution in [1.29, 1.82) is 0 Å². The molecule has 2 aromatic rings. The maximum absolute atomic E-state index is 13.6. The van der Waals surface area contributed by atoms with Crippen molar-refractivity contribution in [3.8, 4) is 0 Å². The van der Waals surface area contributed by atoms with Gasteiger partial charge >= 0.3 is 0 Å². The highest BCUT2D eigenvalue weighted by atomic mass is 19.1. The van der Waals surface area contributed by atoms with Crippen LogP contribution in [0.2, 0.25) is 0 Å². The minimum atomic E-state index is -0.489. The van der Waals surface area contributed by atoms with Gasteiger partial charge in [-0.25, -0.2) is 4.39 Å². The largest absolute Gasteiger partial charge is 0.288 e. The van der Waals surface area contributed by atoms with Crippen LogP contribution in [0.25, 0.3) is 0 Å². The van der Waals surface area contributed by atoms with Crippen molar-refractivity contribution in [3.05, 3.63) is 64.7 Å². The van der Waals surface area contributed by atoms with Gasteiger partial charge in [-0.3, -0.25) is 9.78 Å². The Morgan fingerprint density at radius 1 is 1.12 bits per heavy atom. The molecular weight excluding hydrogens is 217 g/mol. The Morgan fingerprint density at radius 3 is 2.53 bits per heavy atom. The molecule has 0 atom stereocenters. The molecule has 0 unspecified atom stereocenters. The number of nitrogens with zero attached hydrogens (tertiary/aromatic N) is 1. The van der Waals surface area contributed by atoms with E-state index in [4.69, 9.17) is 0 Å². The van der Waals surface area contributed by atoms with E-state index in [1.54, 1.807) is 25.3 Å². The normalized spacial score (nSPS) is 10.3. The third-order valence-corrected chi connectivity index (χ3v) is 2.51. The number of hydrogen-bond donors (Lipinski definition) is 0. The van der Waals surface area contributed by atoms with Crippen molar-refractivity contribution in [2.75, 3.05) is 0 Å². The lowest BCUT2D eigenvalue weighted by Crippen LogP contribution is -2.05. The summed E-state index contributed by atoms with van der Waals surface area (Å²) in [4.78, 5) is 16.0. The molecule has 86 valence electrons. The van der Waals surface area contributed by atoms with E-state index in [0.717, 1.165) is 11.1 Å². The van der Waals surface area contributed by atoms with Crippen molar-refractivity contribution in [2.45, 2.75) is 13.8 Å². The summed E-state index contributed by atoms with van der Waals surface area (Å²) in [6.45, 7) is 3.63. The predicted molar refractivity (Wildman–Crippen MR) is 63.5 cm³/mol. The number of hydrogen-bond acceptors (Lipinski definition) is 2.